The summed E-state index contributed by atoms with van der Waals surface area (Å²) in [4.78, 5) is 8.18. The molecule has 0 rings (SSSR count). The molecule has 0 aromatic carbocycles. The zero-order valence-electron chi connectivity index (χ0n) is 5.44. The first kappa shape index (κ1) is 8.98. The molecule has 4 nitrogen and oxygen atoms in total. The molecule has 3 N–H and O–H groups in total. The Bertz CT molecular complexity index is 106. The number of rotatable bonds is 3. The first-order chi connectivity index (χ1) is 4.04. The second kappa shape index (κ2) is 3.90. The van der Waals surface area contributed by atoms with Gasteiger partial charge < -0.3 is 5.73 Å². The summed E-state index contributed by atoms with van der Waals surface area (Å²) < 4.78 is 14.3. The van der Waals surface area contributed by atoms with Gasteiger partial charge in [0.1, 0.15) is 0 Å². The quantitative estimate of drug-likeness (QED) is 0.458. The molecule has 0 aliphatic heterocycles. The van der Waals surface area contributed by atoms with Gasteiger partial charge in [-0.15, -0.1) is 9.42 Å². The minimum absolute atomic E-state index is 0.0658. The number of hydrogen-bond donors (Lipinski definition) is 2. The van der Waals surface area contributed by atoms with Crippen molar-refractivity contribution in [2.45, 2.75) is 20.1 Å². The topological polar surface area (TPSA) is 72.5 Å². The van der Waals surface area contributed by atoms with E-state index < -0.39 is 14.5 Å². The van der Waals surface area contributed by atoms with Crippen molar-refractivity contribution in [1.82, 2.24) is 0 Å². The Kier molecular flexibility index (Phi) is 3.89. The molecule has 0 spiro atoms. The van der Waals surface area contributed by atoms with Gasteiger partial charge in [-0.05, 0) is 5.92 Å². The second-order valence-corrected chi connectivity index (χ2v) is 2.74. The van der Waals surface area contributed by atoms with Crippen LogP contribution in [0.5, 0.6) is 0 Å². The van der Waals surface area contributed by atoms with Crippen molar-refractivity contribution >= 4 is 8.25 Å². The molecule has 0 amide bonds. The van der Waals surface area contributed by atoms with E-state index >= 15 is 0 Å². The zero-order valence-corrected chi connectivity index (χ0v) is 6.34. The summed E-state index contributed by atoms with van der Waals surface area (Å²) in [5, 5.41) is 0. The van der Waals surface area contributed by atoms with Crippen LogP contribution in [0.1, 0.15) is 13.8 Å². The Balaban J connectivity index is 3.50. The van der Waals surface area contributed by atoms with E-state index in [-0.39, 0.29) is 5.92 Å². The molecule has 0 aliphatic rings. The Labute approximate surface area is 55.0 Å². The van der Waals surface area contributed by atoms with E-state index in [9.17, 15) is 4.57 Å². The lowest BCUT2D eigenvalue weighted by Gasteiger charge is -2.05. The van der Waals surface area contributed by atoms with Gasteiger partial charge in [0.2, 0.25) is 0 Å². The molecule has 0 radical (unpaired) electrons. The van der Waals surface area contributed by atoms with Gasteiger partial charge in [-0.2, -0.15) is 0 Å². The molecule has 0 saturated carbocycles. The maximum absolute atomic E-state index is 9.96. The van der Waals surface area contributed by atoms with Crippen molar-refractivity contribution in [1.29, 1.82) is 0 Å². The largest absolute Gasteiger partial charge is 0.696 e. The van der Waals surface area contributed by atoms with Gasteiger partial charge in [0.25, 0.3) is 0 Å². The predicted molar refractivity (Wildman–Crippen MR) is 33.7 cm³/mol. The molecule has 0 aromatic rings. The fourth-order valence-electron chi connectivity index (χ4n) is 0.226. The van der Waals surface area contributed by atoms with Gasteiger partial charge in [0, 0.05) is 4.57 Å². The average molecular weight is 152 g/mol. The molecule has 54 valence electrons. The summed E-state index contributed by atoms with van der Waals surface area (Å²) in [6.45, 7) is 3.62. The number of nitrogens with two attached hydrogens (primary N) is 1. The molecule has 0 bridgehead atoms. The van der Waals surface area contributed by atoms with E-state index in [0.717, 1.165) is 0 Å². The van der Waals surface area contributed by atoms with Crippen LogP contribution in [-0.4, -0.2) is 11.1 Å². The Hall–Kier alpha value is -0.0200. The van der Waals surface area contributed by atoms with Crippen molar-refractivity contribution < 1.29 is 14.0 Å². The summed E-state index contributed by atoms with van der Waals surface area (Å²) in [5.41, 5.74) is 5.25. The predicted octanol–water partition coefficient (Wildman–Crippen LogP) is 0.593. The zero-order chi connectivity index (χ0) is 7.44. The average Bonchev–Trinajstić information content (AvgIpc) is 1.63. The SMILES string of the molecule is CC(C)[C@H](N)O[P+](=O)O. The highest BCUT2D eigenvalue weighted by Gasteiger charge is 2.21. The van der Waals surface area contributed by atoms with Crippen LogP contribution >= 0.6 is 8.25 Å². The molecule has 0 fully saturated rings. The minimum atomic E-state index is -2.55. The van der Waals surface area contributed by atoms with Gasteiger partial charge in [0.15, 0.2) is 6.23 Å². The van der Waals surface area contributed by atoms with Crippen LogP contribution in [0.15, 0.2) is 0 Å². The lowest BCUT2D eigenvalue weighted by molar-refractivity contribution is 0.149. The van der Waals surface area contributed by atoms with Crippen LogP contribution in [0.25, 0.3) is 0 Å². The van der Waals surface area contributed by atoms with Crippen LogP contribution in [0.2, 0.25) is 0 Å². The molecule has 0 saturated heterocycles. The van der Waals surface area contributed by atoms with E-state index in [1.807, 2.05) is 13.8 Å². The highest BCUT2D eigenvalue weighted by Crippen LogP contribution is 2.18. The van der Waals surface area contributed by atoms with Crippen LogP contribution in [-0.2, 0) is 9.09 Å². The number of hydrogen-bond acceptors (Lipinski definition) is 3. The van der Waals surface area contributed by atoms with Crippen LogP contribution in [0, 0.1) is 5.92 Å². The summed E-state index contributed by atoms with van der Waals surface area (Å²) in [7, 11) is -2.55. The third kappa shape index (κ3) is 4.48. The van der Waals surface area contributed by atoms with Gasteiger partial charge in [-0.3, -0.25) is 0 Å². The Morgan fingerprint density at radius 1 is 1.67 bits per heavy atom. The van der Waals surface area contributed by atoms with Gasteiger partial charge in [-0.1, -0.05) is 13.8 Å². The van der Waals surface area contributed by atoms with Gasteiger partial charge in [0.05, 0.1) is 0 Å². The molecule has 0 aliphatic carbocycles. The molecule has 0 heterocycles. The monoisotopic (exact) mass is 152 g/mol. The Morgan fingerprint density at radius 2 is 2.11 bits per heavy atom. The molecular weight excluding hydrogens is 141 g/mol. The lowest BCUT2D eigenvalue weighted by Crippen LogP contribution is -2.26. The highest BCUT2D eigenvalue weighted by molar-refractivity contribution is 7.32. The van der Waals surface area contributed by atoms with Gasteiger partial charge in [-0.25, -0.2) is 0 Å². The standard InChI is InChI=1S/C4H10NO3P/c1-3(2)4(5)8-9(6)7/h3-4H,5H2,1-2H3/p+1/t4-/m1/s1. The van der Waals surface area contributed by atoms with Crippen molar-refractivity contribution in [3.63, 3.8) is 0 Å². The summed E-state index contributed by atoms with van der Waals surface area (Å²) >= 11 is 0. The van der Waals surface area contributed by atoms with Crippen molar-refractivity contribution in [3.8, 4) is 0 Å². The molecule has 9 heavy (non-hydrogen) atoms. The molecule has 2 atom stereocenters. The third-order valence-electron chi connectivity index (χ3n) is 0.869. The first-order valence-corrected chi connectivity index (χ1v) is 3.75. The third-order valence-corrected chi connectivity index (χ3v) is 1.29. The summed E-state index contributed by atoms with van der Waals surface area (Å²) in [6, 6.07) is 0. The first-order valence-electron chi connectivity index (χ1n) is 2.62. The summed E-state index contributed by atoms with van der Waals surface area (Å²) in [6.07, 6.45) is -0.640. The lowest BCUT2D eigenvalue weighted by atomic mass is 10.2. The van der Waals surface area contributed by atoms with E-state index in [0.29, 0.717) is 0 Å². The normalized spacial score (nSPS) is 15.9. The van der Waals surface area contributed by atoms with E-state index in [1.54, 1.807) is 0 Å². The highest BCUT2D eigenvalue weighted by atomic mass is 31.1. The van der Waals surface area contributed by atoms with E-state index in [2.05, 4.69) is 4.52 Å². The maximum atomic E-state index is 9.96. The van der Waals surface area contributed by atoms with Gasteiger partial charge >= 0.3 is 8.25 Å². The van der Waals surface area contributed by atoms with E-state index in [1.165, 1.54) is 0 Å². The molecule has 1 unspecified atom stereocenters. The molecular formula is C4H11NO3P+. The smallest absolute Gasteiger partial charge is 0.302 e. The van der Waals surface area contributed by atoms with Crippen molar-refractivity contribution in [3.05, 3.63) is 0 Å². The fraction of sp³-hybridized carbons (Fsp3) is 1.00. The molecule has 5 heteroatoms. The fourth-order valence-corrected chi connectivity index (χ4v) is 0.678. The summed E-state index contributed by atoms with van der Waals surface area (Å²) in [5.74, 6) is 0.0658. The molecule has 0 aromatic heterocycles. The van der Waals surface area contributed by atoms with Crippen LogP contribution in [0.4, 0.5) is 0 Å². The minimum Gasteiger partial charge on any atom is -0.302 e. The van der Waals surface area contributed by atoms with E-state index in [4.69, 9.17) is 10.6 Å². The van der Waals surface area contributed by atoms with Crippen LogP contribution < -0.4 is 5.73 Å². The van der Waals surface area contributed by atoms with Crippen molar-refractivity contribution in [2.24, 2.45) is 11.7 Å². The van der Waals surface area contributed by atoms with Crippen LogP contribution in [0.3, 0.4) is 0 Å². The van der Waals surface area contributed by atoms with Crippen molar-refractivity contribution in [2.75, 3.05) is 0 Å². The Morgan fingerprint density at radius 3 is 2.22 bits per heavy atom. The maximum Gasteiger partial charge on any atom is 0.696 e. The second-order valence-electron chi connectivity index (χ2n) is 2.05.